The largest absolute Gasteiger partial charge is 0.482 e. The minimum Gasteiger partial charge on any atom is -0.482 e. The van der Waals surface area contributed by atoms with E-state index in [0.717, 1.165) is 0 Å². The Balaban J connectivity index is 1.58. The van der Waals surface area contributed by atoms with E-state index in [-0.39, 0.29) is 23.6 Å². The van der Waals surface area contributed by atoms with Gasteiger partial charge in [0.25, 0.3) is 0 Å². The number of esters is 2. The number of Topliss-reactive ketones (excluding diaryl/α,β-unsaturated/α-hetero) is 1. The Hall–Kier alpha value is -4.85. The van der Waals surface area contributed by atoms with Gasteiger partial charge >= 0.3 is 11.9 Å². The fraction of sp³-hybridized carbons (Fsp3) is 0.194. The van der Waals surface area contributed by atoms with Gasteiger partial charge in [0, 0.05) is 12.4 Å². The number of rotatable bonds is 9. The third kappa shape index (κ3) is 7.35. The predicted molar refractivity (Wildman–Crippen MR) is 144 cm³/mol. The summed E-state index contributed by atoms with van der Waals surface area (Å²) in [5.74, 6) is -1.25. The van der Waals surface area contributed by atoms with Gasteiger partial charge in [0.05, 0.1) is 11.3 Å². The fourth-order valence-electron chi connectivity index (χ4n) is 3.77. The minimum absolute atomic E-state index is 0.157. The molecule has 2 aromatic heterocycles. The van der Waals surface area contributed by atoms with Crippen LogP contribution in [0.3, 0.4) is 0 Å². The van der Waals surface area contributed by atoms with Crippen LogP contribution in [0.5, 0.6) is 5.75 Å². The first-order chi connectivity index (χ1) is 18.7. The molecule has 4 rings (SSSR count). The minimum atomic E-state index is -1.29. The van der Waals surface area contributed by atoms with Crippen molar-refractivity contribution in [3.05, 3.63) is 114 Å². The van der Waals surface area contributed by atoms with Crippen LogP contribution in [0, 0.1) is 0 Å². The normalized spacial score (nSPS) is 11.8. The van der Waals surface area contributed by atoms with Crippen LogP contribution in [0.25, 0.3) is 11.1 Å². The van der Waals surface area contributed by atoms with Crippen LogP contribution in [0.2, 0.25) is 0 Å². The molecule has 0 N–H and O–H groups in total. The zero-order valence-electron chi connectivity index (χ0n) is 21.9. The average Bonchev–Trinajstić information content (AvgIpc) is 2.94. The summed E-state index contributed by atoms with van der Waals surface area (Å²) in [5, 5.41) is 0. The van der Waals surface area contributed by atoms with E-state index in [9.17, 15) is 14.4 Å². The van der Waals surface area contributed by atoms with Crippen molar-refractivity contribution < 1.29 is 28.6 Å². The third-order valence-electron chi connectivity index (χ3n) is 5.41. The second kappa shape index (κ2) is 12.1. The second-order valence-corrected chi connectivity index (χ2v) is 9.57. The maximum Gasteiger partial charge on any atom is 0.344 e. The summed E-state index contributed by atoms with van der Waals surface area (Å²) in [5.41, 5.74) is 1.30. The molecule has 2 heterocycles. The molecule has 0 saturated heterocycles. The van der Waals surface area contributed by atoms with Crippen molar-refractivity contribution >= 4 is 17.7 Å². The zero-order valence-corrected chi connectivity index (χ0v) is 21.9. The summed E-state index contributed by atoms with van der Waals surface area (Å²) in [7, 11) is 0. The van der Waals surface area contributed by atoms with Crippen molar-refractivity contribution in [2.75, 3.05) is 6.61 Å². The number of hydrogen-bond acceptors (Lipinski definition) is 8. The van der Waals surface area contributed by atoms with Crippen LogP contribution in [-0.2, 0) is 14.3 Å². The van der Waals surface area contributed by atoms with Gasteiger partial charge in [-0.3, -0.25) is 14.8 Å². The van der Waals surface area contributed by atoms with E-state index in [2.05, 4.69) is 9.97 Å². The first-order valence-corrected chi connectivity index (χ1v) is 12.3. The molecule has 2 aromatic carbocycles. The van der Waals surface area contributed by atoms with Crippen molar-refractivity contribution in [2.45, 2.75) is 32.5 Å². The van der Waals surface area contributed by atoms with E-state index >= 15 is 0 Å². The summed E-state index contributed by atoms with van der Waals surface area (Å²) >= 11 is 0. The van der Waals surface area contributed by atoms with Crippen LogP contribution >= 0.6 is 0 Å². The molecule has 198 valence electrons. The highest BCUT2D eigenvalue weighted by Gasteiger charge is 2.29. The number of ether oxygens (including phenoxy) is 3. The number of pyridine rings is 2. The van der Waals surface area contributed by atoms with Gasteiger partial charge in [-0.15, -0.1) is 0 Å². The van der Waals surface area contributed by atoms with Crippen LogP contribution < -0.4 is 4.74 Å². The highest BCUT2D eigenvalue weighted by Crippen LogP contribution is 2.30. The molecule has 1 atom stereocenters. The standard InChI is InChI=1S/C31H28N2O6/c1-31(2,3)39-27(34)20-37-22-12-10-11-21(19-22)23-13-4-5-14-24(23)30(36)38-29(26-16-7-9-18-33-26)28(35)25-15-6-8-17-32-25/h4-19,29H,20H2,1-3H3. The summed E-state index contributed by atoms with van der Waals surface area (Å²) in [6.45, 7) is 5.09. The fourth-order valence-corrected chi connectivity index (χ4v) is 3.77. The van der Waals surface area contributed by atoms with E-state index in [0.29, 0.717) is 16.9 Å². The highest BCUT2D eigenvalue weighted by atomic mass is 16.6. The quantitative estimate of drug-likeness (QED) is 0.204. The van der Waals surface area contributed by atoms with E-state index in [1.165, 1.54) is 12.4 Å². The van der Waals surface area contributed by atoms with Gasteiger partial charge in [0.1, 0.15) is 17.0 Å². The molecule has 0 aliphatic heterocycles. The Kier molecular flexibility index (Phi) is 8.46. The molecular formula is C31H28N2O6. The Morgan fingerprint density at radius 3 is 2.23 bits per heavy atom. The molecule has 1 unspecified atom stereocenters. The molecule has 8 heteroatoms. The van der Waals surface area contributed by atoms with Gasteiger partial charge < -0.3 is 14.2 Å². The monoisotopic (exact) mass is 524 g/mol. The first-order valence-electron chi connectivity index (χ1n) is 12.3. The van der Waals surface area contributed by atoms with Crippen LogP contribution in [0.4, 0.5) is 0 Å². The zero-order chi connectivity index (χ0) is 27.8. The topological polar surface area (TPSA) is 105 Å². The lowest BCUT2D eigenvalue weighted by Gasteiger charge is -2.19. The maximum absolute atomic E-state index is 13.5. The number of benzene rings is 2. The Labute approximate surface area is 226 Å². The molecule has 4 aromatic rings. The number of carbonyl (C=O) groups is 3. The van der Waals surface area contributed by atoms with Crippen LogP contribution in [0.15, 0.2) is 97.3 Å². The smallest absolute Gasteiger partial charge is 0.344 e. The Morgan fingerprint density at radius 2 is 1.54 bits per heavy atom. The van der Waals surface area contributed by atoms with E-state index in [1.54, 1.807) is 99.6 Å². The summed E-state index contributed by atoms with van der Waals surface area (Å²) in [4.78, 5) is 47.2. The lowest BCUT2D eigenvalue weighted by Crippen LogP contribution is -2.27. The van der Waals surface area contributed by atoms with Gasteiger partial charge in [-0.2, -0.15) is 0 Å². The van der Waals surface area contributed by atoms with Gasteiger partial charge in [0.15, 0.2) is 6.61 Å². The molecule has 8 nitrogen and oxygen atoms in total. The first kappa shape index (κ1) is 27.2. The maximum atomic E-state index is 13.5. The Bertz CT molecular complexity index is 1450. The van der Waals surface area contributed by atoms with Crippen molar-refractivity contribution in [1.82, 2.24) is 9.97 Å². The molecular weight excluding hydrogens is 496 g/mol. The lowest BCUT2D eigenvalue weighted by molar-refractivity contribution is -0.157. The van der Waals surface area contributed by atoms with Gasteiger partial charge in [-0.1, -0.05) is 42.5 Å². The lowest BCUT2D eigenvalue weighted by atomic mass is 9.99. The molecule has 0 saturated carbocycles. The average molecular weight is 525 g/mol. The molecule has 39 heavy (non-hydrogen) atoms. The number of hydrogen-bond donors (Lipinski definition) is 0. The van der Waals surface area contributed by atoms with Gasteiger partial charge in [-0.05, 0) is 74.4 Å². The Morgan fingerprint density at radius 1 is 0.821 bits per heavy atom. The van der Waals surface area contributed by atoms with Crippen LogP contribution in [0.1, 0.15) is 53.4 Å². The van der Waals surface area contributed by atoms with Gasteiger partial charge in [0.2, 0.25) is 11.9 Å². The molecule has 0 fully saturated rings. The van der Waals surface area contributed by atoms with E-state index in [4.69, 9.17) is 14.2 Å². The summed E-state index contributed by atoms with van der Waals surface area (Å²) in [6, 6.07) is 23.8. The third-order valence-corrected chi connectivity index (χ3v) is 5.41. The highest BCUT2D eigenvalue weighted by molar-refractivity contribution is 6.02. The van der Waals surface area contributed by atoms with Crippen molar-refractivity contribution in [1.29, 1.82) is 0 Å². The SMILES string of the molecule is CC(C)(C)OC(=O)COc1cccc(-c2ccccc2C(=O)OC(C(=O)c2ccccn2)c2ccccn2)c1. The van der Waals surface area contributed by atoms with Crippen LogP contribution in [-0.4, -0.2) is 39.9 Å². The van der Waals surface area contributed by atoms with Crippen molar-refractivity contribution in [3.8, 4) is 16.9 Å². The molecule has 0 bridgehead atoms. The predicted octanol–water partition coefficient (Wildman–Crippen LogP) is 5.65. The molecule has 0 radical (unpaired) electrons. The second-order valence-electron chi connectivity index (χ2n) is 9.57. The number of ketones is 1. The molecule has 0 spiro atoms. The van der Waals surface area contributed by atoms with Crippen molar-refractivity contribution in [2.24, 2.45) is 0 Å². The van der Waals surface area contributed by atoms with E-state index < -0.39 is 29.4 Å². The van der Waals surface area contributed by atoms with Crippen molar-refractivity contribution in [3.63, 3.8) is 0 Å². The number of aromatic nitrogens is 2. The molecule has 0 amide bonds. The van der Waals surface area contributed by atoms with E-state index in [1.807, 2.05) is 6.07 Å². The summed E-state index contributed by atoms with van der Waals surface area (Å²) in [6.07, 6.45) is 1.74. The molecule has 0 aliphatic rings. The summed E-state index contributed by atoms with van der Waals surface area (Å²) < 4.78 is 16.7. The number of carbonyl (C=O) groups excluding carboxylic acids is 3. The number of nitrogens with zero attached hydrogens (tertiary/aromatic N) is 2. The molecule has 0 aliphatic carbocycles. The van der Waals surface area contributed by atoms with Gasteiger partial charge in [-0.25, -0.2) is 9.59 Å².